The molecule has 0 radical (unpaired) electrons. The van der Waals surface area contributed by atoms with Crippen molar-refractivity contribution in [2.75, 3.05) is 13.2 Å². The molecule has 3 N–H and O–H groups in total. The van der Waals surface area contributed by atoms with Crippen LogP contribution in [0.15, 0.2) is 21.3 Å². The SMILES string of the molecule is CC[C@@H](C)[C@@H](NC(=O)CNC(=O)COc1cc(C)cc2oc(=O)c3c(c12)CCCC3)C(=O)O. The lowest BCUT2D eigenvalue weighted by Gasteiger charge is -2.20. The van der Waals surface area contributed by atoms with Gasteiger partial charge in [0.1, 0.15) is 17.4 Å². The van der Waals surface area contributed by atoms with E-state index in [2.05, 4.69) is 10.6 Å². The highest BCUT2D eigenvalue weighted by Gasteiger charge is 2.25. The van der Waals surface area contributed by atoms with Crippen LogP contribution >= 0.6 is 0 Å². The molecule has 9 nitrogen and oxygen atoms in total. The molecule has 1 aliphatic rings. The number of nitrogens with one attached hydrogen (secondary N) is 2. The molecule has 1 aliphatic carbocycles. The molecule has 1 aromatic carbocycles. The highest BCUT2D eigenvalue weighted by molar-refractivity contribution is 5.90. The van der Waals surface area contributed by atoms with Crippen molar-refractivity contribution in [2.45, 2.75) is 58.9 Å². The van der Waals surface area contributed by atoms with E-state index < -0.39 is 23.8 Å². The van der Waals surface area contributed by atoms with Gasteiger partial charge in [0.15, 0.2) is 6.61 Å². The summed E-state index contributed by atoms with van der Waals surface area (Å²) in [6.07, 6.45) is 3.87. The first-order chi connectivity index (χ1) is 15.7. The van der Waals surface area contributed by atoms with Gasteiger partial charge in [0, 0.05) is 5.56 Å². The third kappa shape index (κ3) is 5.71. The van der Waals surface area contributed by atoms with Crippen LogP contribution in [0.3, 0.4) is 0 Å². The summed E-state index contributed by atoms with van der Waals surface area (Å²) >= 11 is 0. The van der Waals surface area contributed by atoms with Crippen LogP contribution in [0.2, 0.25) is 0 Å². The van der Waals surface area contributed by atoms with Crippen LogP contribution in [0.25, 0.3) is 11.0 Å². The number of aliphatic carboxylic acids is 1. The van der Waals surface area contributed by atoms with Crippen LogP contribution in [0.5, 0.6) is 5.75 Å². The Morgan fingerprint density at radius 3 is 2.52 bits per heavy atom. The lowest BCUT2D eigenvalue weighted by molar-refractivity contribution is -0.143. The number of ether oxygens (including phenoxy) is 1. The monoisotopic (exact) mass is 458 g/mol. The second-order valence-electron chi connectivity index (χ2n) is 8.52. The predicted molar refractivity (Wildman–Crippen MR) is 121 cm³/mol. The van der Waals surface area contributed by atoms with Crippen molar-refractivity contribution < 1.29 is 28.6 Å². The second-order valence-corrected chi connectivity index (χ2v) is 8.52. The largest absolute Gasteiger partial charge is 0.483 e. The Labute approximate surface area is 191 Å². The summed E-state index contributed by atoms with van der Waals surface area (Å²) in [5, 5.41) is 14.9. The minimum Gasteiger partial charge on any atom is -0.483 e. The van der Waals surface area contributed by atoms with Gasteiger partial charge in [-0.3, -0.25) is 9.59 Å². The van der Waals surface area contributed by atoms with Gasteiger partial charge in [-0.2, -0.15) is 0 Å². The molecule has 2 atom stereocenters. The smallest absolute Gasteiger partial charge is 0.339 e. The fourth-order valence-electron chi connectivity index (χ4n) is 4.06. The number of aryl methyl sites for hydroxylation is 2. The van der Waals surface area contributed by atoms with Gasteiger partial charge in [0.2, 0.25) is 5.91 Å². The number of carbonyl (C=O) groups is 3. The molecular formula is C24H30N2O7. The quantitative estimate of drug-likeness (QED) is 0.490. The molecule has 0 bridgehead atoms. The number of benzene rings is 1. The van der Waals surface area contributed by atoms with Crippen LogP contribution in [0.1, 0.15) is 49.8 Å². The van der Waals surface area contributed by atoms with Gasteiger partial charge in [-0.05, 0) is 61.8 Å². The minimum atomic E-state index is -1.12. The van der Waals surface area contributed by atoms with E-state index in [0.717, 1.165) is 30.4 Å². The molecule has 2 aromatic rings. The molecule has 1 heterocycles. The van der Waals surface area contributed by atoms with Gasteiger partial charge < -0.3 is 24.9 Å². The molecule has 33 heavy (non-hydrogen) atoms. The van der Waals surface area contributed by atoms with Crippen LogP contribution in [-0.2, 0) is 27.2 Å². The maximum atomic E-state index is 12.3. The number of hydrogen-bond acceptors (Lipinski definition) is 6. The summed E-state index contributed by atoms with van der Waals surface area (Å²) in [5.41, 5.74) is 2.50. The fraction of sp³-hybridized carbons (Fsp3) is 0.500. The zero-order valence-electron chi connectivity index (χ0n) is 19.2. The summed E-state index contributed by atoms with van der Waals surface area (Å²) in [4.78, 5) is 48.1. The molecule has 0 saturated heterocycles. The summed E-state index contributed by atoms with van der Waals surface area (Å²) < 4.78 is 11.3. The molecule has 178 valence electrons. The van der Waals surface area contributed by atoms with Gasteiger partial charge in [-0.15, -0.1) is 0 Å². The van der Waals surface area contributed by atoms with E-state index in [9.17, 15) is 24.3 Å². The number of carboxylic acid groups (broad SMARTS) is 1. The zero-order chi connectivity index (χ0) is 24.1. The first-order valence-corrected chi connectivity index (χ1v) is 11.2. The Morgan fingerprint density at radius 2 is 1.85 bits per heavy atom. The lowest BCUT2D eigenvalue weighted by atomic mass is 9.90. The molecule has 9 heteroatoms. The van der Waals surface area contributed by atoms with Crippen molar-refractivity contribution in [3.05, 3.63) is 39.2 Å². The predicted octanol–water partition coefficient (Wildman–Crippen LogP) is 2.09. The van der Waals surface area contributed by atoms with E-state index in [0.29, 0.717) is 35.1 Å². The third-order valence-corrected chi connectivity index (χ3v) is 6.03. The third-order valence-electron chi connectivity index (χ3n) is 6.03. The van der Waals surface area contributed by atoms with Crippen molar-refractivity contribution in [3.63, 3.8) is 0 Å². The normalized spacial score (nSPS) is 14.8. The molecule has 0 unspecified atom stereocenters. The average Bonchev–Trinajstić information content (AvgIpc) is 2.78. The van der Waals surface area contributed by atoms with Crippen LogP contribution in [0, 0.1) is 12.8 Å². The van der Waals surface area contributed by atoms with E-state index in [1.807, 2.05) is 13.8 Å². The van der Waals surface area contributed by atoms with Crippen molar-refractivity contribution in [3.8, 4) is 5.75 Å². The van der Waals surface area contributed by atoms with Crippen LogP contribution in [-0.4, -0.2) is 42.1 Å². The summed E-state index contributed by atoms with van der Waals surface area (Å²) in [7, 11) is 0. The lowest BCUT2D eigenvalue weighted by Crippen LogP contribution is -2.48. The van der Waals surface area contributed by atoms with Crippen LogP contribution in [0.4, 0.5) is 0 Å². The standard InChI is InChI=1S/C24H30N2O7/c1-4-14(3)22(23(29)30)26-19(27)11-25-20(28)12-32-17-9-13(2)10-18-21(17)15-7-5-6-8-16(15)24(31)33-18/h9-10,14,22H,4-8,11-12H2,1-3H3,(H,25,28)(H,26,27)(H,29,30)/t14-,22-/m1/s1. The van der Waals surface area contributed by atoms with E-state index in [4.69, 9.17) is 9.15 Å². The summed E-state index contributed by atoms with van der Waals surface area (Å²) in [5.74, 6) is -2.02. The topological polar surface area (TPSA) is 135 Å². The maximum absolute atomic E-state index is 12.3. The Balaban J connectivity index is 1.67. The van der Waals surface area contributed by atoms with Crippen molar-refractivity contribution >= 4 is 28.8 Å². The zero-order valence-corrected chi connectivity index (χ0v) is 19.2. The van der Waals surface area contributed by atoms with Gasteiger partial charge in [-0.25, -0.2) is 9.59 Å². The molecule has 0 aliphatic heterocycles. The molecule has 0 fully saturated rings. The molecule has 0 spiro atoms. The first-order valence-electron chi connectivity index (χ1n) is 11.2. The molecular weight excluding hydrogens is 428 g/mol. The number of carboxylic acids is 1. The Kier molecular flexibility index (Phi) is 7.73. The number of fused-ring (bicyclic) bond motifs is 3. The Bertz CT molecular complexity index is 1120. The van der Waals surface area contributed by atoms with E-state index >= 15 is 0 Å². The maximum Gasteiger partial charge on any atom is 0.339 e. The fourth-order valence-corrected chi connectivity index (χ4v) is 4.06. The average molecular weight is 459 g/mol. The molecule has 1 aromatic heterocycles. The van der Waals surface area contributed by atoms with Crippen LogP contribution < -0.4 is 21.0 Å². The van der Waals surface area contributed by atoms with Gasteiger partial charge >= 0.3 is 11.6 Å². The van der Waals surface area contributed by atoms with E-state index in [1.54, 1.807) is 19.1 Å². The highest BCUT2D eigenvalue weighted by atomic mass is 16.5. The Morgan fingerprint density at radius 1 is 1.15 bits per heavy atom. The van der Waals surface area contributed by atoms with Gasteiger partial charge in [-0.1, -0.05) is 20.3 Å². The number of rotatable bonds is 9. The van der Waals surface area contributed by atoms with Crippen molar-refractivity contribution in [1.29, 1.82) is 0 Å². The van der Waals surface area contributed by atoms with Crippen molar-refractivity contribution in [2.24, 2.45) is 5.92 Å². The number of amides is 2. The number of carbonyl (C=O) groups excluding carboxylic acids is 2. The molecule has 3 rings (SSSR count). The highest BCUT2D eigenvalue weighted by Crippen LogP contribution is 2.34. The van der Waals surface area contributed by atoms with E-state index in [1.165, 1.54) is 0 Å². The minimum absolute atomic E-state index is 0.244. The molecule has 0 saturated carbocycles. The summed E-state index contributed by atoms with van der Waals surface area (Å²) in [6, 6.07) is 2.55. The van der Waals surface area contributed by atoms with Crippen molar-refractivity contribution in [1.82, 2.24) is 10.6 Å². The Hall–Kier alpha value is -3.36. The summed E-state index contributed by atoms with van der Waals surface area (Å²) in [6.45, 7) is 4.71. The van der Waals surface area contributed by atoms with Gasteiger partial charge in [0.25, 0.3) is 5.91 Å². The van der Waals surface area contributed by atoms with Gasteiger partial charge in [0.05, 0.1) is 11.9 Å². The molecule has 2 amide bonds. The van der Waals surface area contributed by atoms with E-state index in [-0.39, 0.29) is 24.7 Å². The first kappa shape index (κ1) is 24.3. The number of hydrogen-bond donors (Lipinski definition) is 3. The second kappa shape index (κ2) is 10.5.